The number of aromatic nitrogens is 1. The van der Waals surface area contributed by atoms with Crippen molar-refractivity contribution in [1.82, 2.24) is 4.98 Å². The Kier molecular flexibility index (Phi) is 4.17. The second kappa shape index (κ2) is 6.42. The van der Waals surface area contributed by atoms with E-state index in [-0.39, 0.29) is 0 Å². The van der Waals surface area contributed by atoms with E-state index in [9.17, 15) is 0 Å². The van der Waals surface area contributed by atoms with Crippen LogP contribution >= 0.6 is 11.6 Å². The smallest absolute Gasteiger partial charge is 0.127 e. The number of hydrogen-bond acceptors (Lipinski definition) is 2. The molecule has 0 aliphatic rings. The van der Waals surface area contributed by atoms with Crippen LogP contribution in [0, 0.1) is 0 Å². The molecule has 3 rings (SSSR count). The van der Waals surface area contributed by atoms with E-state index < -0.39 is 0 Å². The van der Waals surface area contributed by atoms with Gasteiger partial charge in [0, 0.05) is 17.4 Å². The largest absolute Gasteiger partial charge is 0.457 e. The van der Waals surface area contributed by atoms with Gasteiger partial charge >= 0.3 is 0 Å². The predicted molar refractivity (Wildman–Crippen MR) is 85.0 cm³/mol. The van der Waals surface area contributed by atoms with E-state index in [4.69, 9.17) is 16.3 Å². The Morgan fingerprint density at radius 2 is 1.48 bits per heavy atom. The summed E-state index contributed by atoms with van der Waals surface area (Å²) in [5.74, 6) is 1.59. The minimum absolute atomic E-state index is 0.703. The standard InChI is InChI=1S/C18H14ClNO/c19-16-5-9-18(10-6-16)21-17-7-3-14(4-8-17)12-15-2-1-11-20-13-15/h1-11,13H,12H2. The number of ether oxygens (including phenoxy) is 1. The lowest BCUT2D eigenvalue weighted by Crippen LogP contribution is -1.89. The second-order valence-electron chi connectivity index (χ2n) is 4.74. The third-order valence-electron chi connectivity index (χ3n) is 3.10. The molecule has 104 valence electrons. The molecule has 0 atom stereocenters. The van der Waals surface area contributed by atoms with Crippen molar-refractivity contribution in [3.63, 3.8) is 0 Å². The normalized spacial score (nSPS) is 10.3. The van der Waals surface area contributed by atoms with Gasteiger partial charge in [0.25, 0.3) is 0 Å². The third kappa shape index (κ3) is 3.83. The van der Waals surface area contributed by atoms with Gasteiger partial charge in [0.2, 0.25) is 0 Å². The number of pyridine rings is 1. The van der Waals surface area contributed by atoms with Gasteiger partial charge in [-0.05, 0) is 60.0 Å². The van der Waals surface area contributed by atoms with E-state index in [1.165, 1.54) is 11.1 Å². The number of benzene rings is 2. The molecule has 0 unspecified atom stereocenters. The monoisotopic (exact) mass is 295 g/mol. The van der Waals surface area contributed by atoms with Crippen molar-refractivity contribution in [2.45, 2.75) is 6.42 Å². The molecule has 0 fully saturated rings. The van der Waals surface area contributed by atoms with Crippen molar-refractivity contribution in [2.75, 3.05) is 0 Å². The van der Waals surface area contributed by atoms with E-state index >= 15 is 0 Å². The maximum Gasteiger partial charge on any atom is 0.127 e. The molecule has 2 nitrogen and oxygen atoms in total. The van der Waals surface area contributed by atoms with Crippen LogP contribution in [0.2, 0.25) is 5.02 Å². The molecular weight excluding hydrogens is 282 g/mol. The first-order valence-corrected chi connectivity index (χ1v) is 7.09. The molecule has 0 aliphatic heterocycles. The molecule has 0 radical (unpaired) electrons. The highest BCUT2D eigenvalue weighted by Crippen LogP contribution is 2.23. The molecule has 1 heterocycles. The van der Waals surface area contributed by atoms with Gasteiger partial charge in [-0.2, -0.15) is 0 Å². The van der Waals surface area contributed by atoms with Crippen LogP contribution in [0.25, 0.3) is 0 Å². The van der Waals surface area contributed by atoms with Crippen LogP contribution in [0.5, 0.6) is 11.5 Å². The molecule has 0 bridgehead atoms. The highest BCUT2D eigenvalue weighted by atomic mass is 35.5. The number of hydrogen-bond donors (Lipinski definition) is 0. The van der Waals surface area contributed by atoms with Crippen molar-refractivity contribution in [3.8, 4) is 11.5 Å². The molecular formula is C18H14ClNO. The summed E-state index contributed by atoms with van der Waals surface area (Å²) in [4.78, 5) is 4.13. The van der Waals surface area contributed by atoms with Gasteiger partial charge in [-0.25, -0.2) is 0 Å². The molecule has 0 spiro atoms. The lowest BCUT2D eigenvalue weighted by atomic mass is 10.1. The van der Waals surface area contributed by atoms with Gasteiger partial charge in [0.15, 0.2) is 0 Å². The first-order chi connectivity index (χ1) is 10.3. The van der Waals surface area contributed by atoms with E-state index in [1.54, 1.807) is 6.20 Å². The average Bonchev–Trinajstić information content (AvgIpc) is 2.53. The van der Waals surface area contributed by atoms with Crippen molar-refractivity contribution in [1.29, 1.82) is 0 Å². The van der Waals surface area contributed by atoms with Crippen LogP contribution in [-0.2, 0) is 6.42 Å². The predicted octanol–water partition coefficient (Wildman–Crippen LogP) is 5.12. The highest BCUT2D eigenvalue weighted by Gasteiger charge is 2.00. The Hall–Kier alpha value is -2.32. The summed E-state index contributed by atoms with van der Waals surface area (Å²) in [5.41, 5.74) is 2.43. The maximum absolute atomic E-state index is 5.85. The SMILES string of the molecule is Clc1ccc(Oc2ccc(Cc3cccnc3)cc2)cc1. The molecule has 0 N–H and O–H groups in total. The molecule has 0 saturated carbocycles. The summed E-state index contributed by atoms with van der Waals surface area (Å²) < 4.78 is 5.77. The first kappa shape index (κ1) is 13.7. The third-order valence-corrected chi connectivity index (χ3v) is 3.36. The average molecular weight is 296 g/mol. The quantitative estimate of drug-likeness (QED) is 0.666. The van der Waals surface area contributed by atoms with Gasteiger partial charge in [-0.15, -0.1) is 0 Å². The summed E-state index contributed by atoms with van der Waals surface area (Å²) in [6.07, 6.45) is 4.54. The van der Waals surface area contributed by atoms with Gasteiger partial charge in [0.05, 0.1) is 0 Å². The minimum atomic E-state index is 0.703. The summed E-state index contributed by atoms with van der Waals surface area (Å²) in [5, 5.41) is 0.703. The van der Waals surface area contributed by atoms with Crippen LogP contribution in [0.3, 0.4) is 0 Å². The zero-order valence-corrected chi connectivity index (χ0v) is 12.1. The summed E-state index contributed by atoms with van der Waals surface area (Å²) in [6.45, 7) is 0. The number of nitrogens with zero attached hydrogens (tertiary/aromatic N) is 1. The Morgan fingerprint density at radius 3 is 2.10 bits per heavy atom. The van der Waals surface area contributed by atoms with Crippen LogP contribution in [-0.4, -0.2) is 4.98 Å². The maximum atomic E-state index is 5.85. The van der Waals surface area contributed by atoms with Crippen LogP contribution in [0.1, 0.15) is 11.1 Å². The van der Waals surface area contributed by atoms with Crippen molar-refractivity contribution in [2.24, 2.45) is 0 Å². The van der Waals surface area contributed by atoms with Crippen molar-refractivity contribution in [3.05, 3.63) is 89.2 Å². The summed E-state index contributed by atoms with van der Waals surface area (Å²) >= 11 is 5.85. The molecule has 1 aromatic heterocycles. The fourth-order valence-electron chi connectivity index (χ4n) is 2.05. The zero-order chi connectivity index (χ0) is 14.5. The van der Waals surface area contributed by atoms with Crippen LogP contribution < -0.4 is 4.74 Å². The van der Waals surface area contributed by atoms with Gasteiger partial charge < -0.3 is 4.74 Å². The Labute approximate surface area is 129 Å². The van der Waals surface area contributed by atoms with Gasteiger partial charge in [0.1, 0.15) is 11.5 Å². The molecule has 0 aliphatic carbocycles. The van der Waals surface area contributed by atoms with Gasteiger partial charge in [-0.1, -0.05) is 29.8 Å². The van der Waals surface area contributed by atoms with Crippen LogP contribution in [0.15, 0.2) is 73.1 Å². The second-order valence-corrected chi connectivity index (χ2v) is 5.17. The lowest BCUT2D eigenvalue weighted by Gasteiger charge is -2.07. The fourth-order valence-corrected chi connectivity index (χ4v) is 2.18. The molecule has 2 aromatic carbocycles. The fraction of sp³-hybridized carbons (Fsp3) is 0.0556. The van der Waals surface area contributed by atoms with Gasteiger partial charge in [-0.3, -0.25) is 4.98 Å². The lowest BCUT2D eigenvalue weighted by molar-refractivity contribution is 0.482. The molecule has 0 amide bonds. The van der Waals surface area contributed by atoms with Crippen molar-refractivity contribution >= 4 is 11.6 Å². The van der Waals surface area contributed by atoms with Crippen molar-refractivity contribution < 1.29 is 4.74 Å². The molecule has 3 heteroatoms. The van der Waals surface area contributed by atoms with E-state index in [2.05, 4.69) is 23.2 Å². The molecule has 3 aromatic rings. The molecule has 0 saturated heterocycles. The topological polar surface area (TPSA) is 22.1 Å². The Balaban J connectivity index is 1.68. The van der Waals surface area contributed by atoms with E-state index in [1.807, 2.05) is 48.7 Å². The highest BCUT2D eigenvalue weighted by molar-refractivity contribution is 6.30. The summed E-state index contributed by atoms with van der Waals surface area (Å²) in [6, 6.07) is 19.4. The summed E-state index contributed by atoms with van der Waals surface area (Å²) in [7, 11) is 0. The first-order valence-electron chi connectivity index (χ1n) is 6.71. The Morgan fingerprint density at radius 1 is 0.810 bits per heavy atom. The zero-order valence-electron chi connectivity index (χ0n) is 11.4. The number of halogens is 1. The molecule has 21 heavy (non-hydrogen) atoms. The van der Waals surface area contributed by atoms with Crippen LogP contribution in [0.4, 0.5) is 0 Å². The van der Waals surface area contributed by atoms with E-state index in [0.29, 0.717) is 5.02 Å². The minimum Gasteiger partial charge on any atom is -0.457 e. The number of rotatable bonds is 4. The van der Waals surface area contributed by atoms with E-state index in [0.717, 1.165) is 17.9 Å². The Bertz CT molecular complexity index is 694.